The second-order valence-corrected chi connectivity index (χ2v) is 7.34. The summed E-state index contributed by atoms with van der Waals surface area (Å²) in [6.45, 7) is 10.8. The van der Waals surface area contributed by atoms with Gasteiger partial charge in [-0.05, 0) is 62.5 Å². The monoisotopic (exact) mass is 355 g/mol. The molecule has 4 nitrogen and oxygen atoms in total. The summed E-state index contributed by atoms with van der Waals surface area (Å²) in [7, 11) is 0. The molecule has 0 bridgehead atoms. The van der Waals surface area contributed by atoms with Crippen LogP contribution in [0.1, 0.15) is 57.1 Å². The first-order chi connectivity index (χ1) is 9.88. The Kier molecular flexibility index (Phi) is 5.49. The zero-order chi connectivity index (χ0) is 15.6. The van der Waals surface area contributed by atoms with Gasteiger partial charge in [0, 0.05) is 41.9 Å². The third-order valence-corrected chi connectivity index (χ3v) is 4.63. The molecule has 21 heavy (non-hydrogen) atoms. The Morgan fingerprint density at radius 1 is 1.24 bits per heavy atom. The molecule has 0 unspecified atom stereocenters. The molecule has 0 spiro atoms. The topological polar surface area (TPSA) is 37.3 Å². The molecule has 0 aromatic carbocycles. The fourth-order valence-corrected chi connectivity index (χ4v) is 3.31. The van der Waals surface area contributed by atoms with Gasteiger partial charge in [-0.3, -0.25) is 4.79 Å². The Balaban J connectivity index is 1.97. The van der Waals surface area contributed by atoms with Crippen LogP contribution in [0.4, 0.5) is 0 Å². The van der Waals surface area contributed by atoms with Gasteiger partial charge in [-0.15, -0.1) is 0 Å². The summed E-state index contributed by atoms with van der Waals surface area (Å²) in [5, 5.41) is 3.20. The number of halogens is 1. The van der Waals surface area contributed by atoms with Crippen molar-refractivity contribution in [3.8, 4) is 0 Å². The molecular formula is C16H26BrN3O. The average Bonchev–Trinajstić information content (AvgIpc) is 2.82. The molecular weight excluding hydrogens is 330 g/mol. The van der Waals surface area contributed by atoms with Gasteiger partial charge in [0.15, 0.2) is 0 Å². The van der Waals surface area contributed by atoms with Crippen molar-refractivity contribution in [3.63, 3.8) is 0 Å². The molecule has 0 aliphatic carbocycles. The number of amides is 1. The molecule has 1 saturated heterocycles. The number of carbonyl (C=O) groups excluding carboxylic acids is 1. The van der Waals surface area contributed by atoms with Gasteiger partial charge >= 0.3 is 0 Å². The fraction of sp³-hybridized carbons (Fsp3) is 0.688. The molecule has 0 atom stereocenters. The van der Waals surface area contributed by atoms with Crippen LogP contribution in [0.3, 0.4) is 0 Å². The minimum atomic E-state index is 0.0393. The Morgan fingerprint density at radius 2 is 1.86 bits per heavy atom. The van der Waals surface area contributed by atoms with Gasteiger partial charge in [-0.1, -0.05) is 0 Å². The van der Waals surface area contributed by atoms with Crippen LogP contribution in [-0.2, 0) is 0 Å². The summed E-state index contributed by atoms with van der Waals surface area (Å²) >= 11 is 3.46. The normalized spacial score (nSPS) is 17.7. The summed E-state index contributed by atoms with van der Waals surface area (Å²) in [5.41, 5.74) is 0.739. The number of rotatable bonds is 4. The first kappa shape index (κ1) is 16.6. The van der Waals surface area contributed by atoms with Gasteiger partial charge in [0.25, 0.3) is 5.91 Å². The lowest BCUT2D eigenvalue weighted by Gasteiger charge is -2.34. The van der Waals surface area contributed by atoms with Crippen molar-refractivity contribution in [1.29, 1.82) is 0 Å². The molecule has 0 radical (unpaired) electrons. The van der Waals surface area contributed by atoms with Crippen LogP contribution in [0.5, 0.6) is 0 Å². The summed E-state index contributed by atoms with van der Waals surface area (Å²) in [6, 6.07) is 3.07. The maximum Gasteiger partial charge on any atom is 0.268 e. The van der Waals surface area contributed by atoms with Gasteiger partial charge < -0.3 is 14.8 Å². The van der Waals surface area contributed by atoms with Crippen LogP contribution >= 0.6 is 15.9 Å². The van der Waals surface area contributed by atoms with E-state index >= 15 is 0 Å². The fourth-order valence-electron chi connectivity index (χ4n) is 2.87. The van der Waals surface area contributed by atoms with Crippen molar-refractivity contribution in [1.82, 2.24) is 14.8 Å². The number of aromatic nitrogens is 1. The largest absolute Gasteiger partial charge is 0.348 e. The van der Waals surface area contributed by atoms with Crippen LogP contribution in [0, 0.1) is 0 Å². The molecule has 118 valence electrons. The van der Waals surface area contributed by atoms with E-state index in [1.54, 1.807) is 0 Å². The first-order valence-corrected chi connectivity index (χ1v) is 8.60. The summed E-state index contributed by atoms with van der Waals surface area (Å²) in [5.74, 6) is 0.0393. The van der Waals surface area contributed by atoms with Gasteiger partial charge in [-0.25, -0.2) is 0 Å². The SMILES string of the molecule is CC(C)N1CCC(NC(=O)c2cc(Br)cn2C(C)C)CC1. The number of carbonyl (C=O) groups is 1. The zero-order valence-corrected chi connectivity index (χ0v) is 15.0. The van der Waals surface area contributed by atoms with Crippen LogP contribution in [0.15, 0.2) is 16.7 Å². The second-order valence-electron chi connectivity index (χ2n) is 6.42. The summed E-state index contributed by atoms with van der Waals surface area (Å²) in [6.07, 6.45) is 4.04. The van der Waals surface area contributed by atoms with E-state index in [0.717, 1.165) is 36.1 Å². The number of hydrogen-bond donors (Lipinski definition) is 1. The van der Waals surface area contributed by atoms with E-state index in [1.165, 1.54) is 0 Å². The number of hydrogen-bond acceptors (Lipinski definition) is 2. The minimum Gasteiger partial charge on any atom is -0.348 e. The highest BCUT2D eigenvalue weighted by Gasteiger charge is 2.23. The van der Waals surface area contributed by atoms with E-state index in [2.05, 4.69) is 53.8 Å². The molecule has 0 saturated carbocycles. The van der Waals surface area contributed by atoms with Crippen molar-refractivity contribution in [2.75, 3.05) is 13.1 Å². The van der Waals surface area contributed by atoms with Crippen molar-refractivity contribution in [3.05, 3.63) is 22.4 Å². The number of nitrogens with zero attached hydrogens (tertiary/aromatic N) is 2. The first-order valence-electron chi connectivity index (χ1n) is 7.80. The maximum absolute atomic E-state index is 12.5. The molecule has 1 amide bonds. The second kappa shape index (κ2) is 6.97. The molecule has 1 aliphatic rings. The lowest BCUT2D eigenvalue weighted by molar-refractivity contribution is 0.0890. The van der Waals surface area contributed by atoms with Crippen molar-refractivity contribution >= 4 is 21.8 Å². The molecule has 1 aliphatic heterocycles. The minimum absolute atomic E-state index is 0.0393. The highest BCUT2D eigenvalue weighted by molar-refractivity contribution is 9.10. The smallest absolute Gasteiger partial charge is 0.268 e. The van der Waals surface area contributed by atoms with Crippen molar-refractivity contribution in [2.24, 2.45) is 0 Å². The average molecular weight is 356 g/mol. The molecule has 1 aromatic heterocycles. The number of nitrogens with one attached hydrogen (secondary N) is 1. The maximum atomic E-state index is 12.5. The Labute approximate surface area is 136 Å². The molecule has 5 heteroatoms. The molecule has 1 N–H and O–H groups in total. The predicted molar refractivity (Wildman–Crippen MR) is 89.7 cm³/mol. The van der Waals surface area contributed by atoms with E-state index in [4.69, 9.17) is 0 Å². The van der Waals surface area contributed by atoms with Gasteiger partial charge in [-0.2, -0.15) is 0 Å². The number of likely N-dealkylation sites (tertiary alicyclic amines) is 1. The van der Waals surface area contributed by atoms with Crippen molar-refractivity contribution in [2.45, 2.75) is 58.7 Å². The lowest BCUT2D eigenvalue weighted by atomic mass is 10.0. The van der Waals surface area contributed by atoms with Gasteiger partial charge in [0.1, 0.15) is 5.69 Å². The van der Waals surface area contributed by atoms with E-state index < -0.39 is 0 Å². The summed E-state index contributed by atoms with van der Waals surface area (Å²) in [4.78, 5) is 15.0. The molecule has 1 fully saturated rings. The van der Waals surface area contributed by atoms with E-state index in [1.807, 2.05) is 16.8 Å². The van der Waals surface area contributed by atoms with Gasteiger partial charge in [0.2, 0.25) is 0 Å². The third kappa shape index (κ3) is 4.10. The van der Waals surface area contributed by atoms with E-state index in [-0.39, 0.29) is 11.9 Å². The Morgan fingerprint density at radius 3 is 2.38 bits per heavy atom. The highest BCUT2D eigenvalue weighted by Crippen LogP contribution is 2.20. The molecule has 1 aromatic rings. The third-order valence-electron chi connectivity index (χ3n) is 4.20. The lowest BCUT2D eigenvalue weighted by Crippen LogP contribution is -2.46. The highest BCUT2D eigenvalue weighted by atomic mass is 79.9. The zero-order valence-electron chi connectivity index (χ0n) is 13.4. The van der Waals surface area contributed by atoms with Crippen LogP contribution < -0.4 is 5.32 Å². The van der Waals surface area contributed by atoms with E-state index in [0.29, 0.717) is 12.1 Å². The molecule has 2 heterocycles. The summed E-state index contributed by atoms with van der Waals surface area (Å²) < 4.78 is 2.97. The van der Waals surface area contributed by atoms with Crippen LogP contribution in [0.25, 0.3) is 0 Å². The Bertz CT molecular complexity index is 488. The van der Waals surface area contributed by atoms with E-state index in [9.17, 15) is 4.79 Å². The standard InChI is InChI=1S/C16H26BrN3O/c1-11(2)19-7-5-14(6-8-19)18-16(21)15-9-13(17)10-20(15)12(3)4/h9-12,14H,5-8H2,1-4H3,(H,18,21). The van der Waals surface area contributed by atoms with Crippen molar-refractivity contribution < 1.29 is 4.79 Å². The predicted octanol–water partition coefficient (Wildman–Crippen LogP) is 3.43. The molecule has 2 rings (SSSR count). The van der Waals surface area contributed by atoms with Crippen LogP contribution in [0.2, 0.25) is 0 Å². The van der Waals surface area contributed by atoms with Crippen LogP contribution in [-0.4, -0.2) is 40.5 Å². The Hall–Kier alpha value is -0.810. The van der Waals surface area contributed by atoms with Gasteiger partial charge in [0.05, 0.1) is 0 Å². The number of piperidine rings is 1. The quantitative estimate of drug-likeness (QED) is 0.898.